The predicted molar refractivity (Wildman–Crippen MR) is 91.7 cm³/mol. The molecule has 0 amide bonds. The number of hydrogen-bond donors (Lipinski definition) is 1. The summed E-state index contributed by atoms with van der Waals surface area (Å²) in [5.41, 5.74) is -1.68. The second-order valence-corrected chi connectivity index (χ2v) is 5.97. The maximum absolute atomic E-state index is 13.0. The largest absolute Gasteiger partial charge is 0.499 e. The summed E-state index contributed by atoms with van der Waals surface area (Å²) in [6, 6.07) is 3.19. The van der Waals surface area contributed by atoms with Gasteiger partial charge in [0, 0.05) is 19.2 Å². The molecule has 0 bridgehead atoms. The van der Waals surface area contributed by atoms with Gasteiger partial charge in [-0.05, 0) is 25.2 Å². The summed E-state index contributed by atoms with van der Waals surface area (Å²) in [5.74, 6) is -0.984. The van der Waals surface area contributed by atoms with Gasteiger partial charge in [-0.2, -0.15) is 13.2 Å². The number of alkyl halides is 3. The third-order valence-corrected chi connectivity index (χ3v) is 3.90. The first kappa shape index (κ1) is 20.7. The van der Waals surface area contributed by atoms with Crippen LogP contribution in [-0.4, -0.2) is 31.0 Å². The van der Waals surface area contributed by atoms with E-state index in [-0.39, 0.29) is 11.5 Å². The Labute approximate surface area is 160 Å². The number of halogens is 4. The molecule has 1 N–H and O–H groups in total. The van der Waals surface area contributed by atoms with E-state index >= 15 is 0 Å². The lowest BCUT2D eigenvalue weighted by atomic mass is 10.2. The second-order valence-electron chi connectivity index (χ2n) is 5.18. The molecule has 2 rings (SSSR count). The van der Waals surface area contributed by atoms with E-state index in [9.17, 15) is 28.4 Å². The van der Waals surface area contributed by atoms with Gasteiger partial charge in [0.15, 0.2) is 16.8 Å². The molecular formula is C14H11ClF3N3O5S. The fraction of sp³-hybridized carbons (Fsp3) is 0.286. The molecule has 0 spiro atoms. The lowest BCUT2D eigenvalue weighted by Crippen LogP contribution is -2.21. The third-order valence-electron chi connectivity index (χ3n) is 3.22. The molecule has 8 nitrogen and oxygen atoms in total. The number of aryl methyl sites for hydroxylation is 1. The van der Waals surface area contributed by atoms with E-state index in [1.54, 1.807) is 0 Å². The van der Waals surface area contributed by atoms with E-state index in [1.165, 1.54) is 6.92 Å². The van der Waals surface area contributed by atoms with Gasteiger partial charge in [-0.25, -0.2) is 0 Å². The monoisotopic (exact) mass is 425 g/mol. The summed E-state index contributed by atoms with van der Waals surface area (Å²) in [4.78, 5) is 10.3. The van der Waals surface area contributed by atoms with Crippen LogP contribution in [0.3, 0.4) is 0 Å². The van der Waals surface area contributed by atoms with Crippen molar-refractivity contribution in [3.63, 3.8) is 0 Å². The van der Waals surface area contributed by atoms with Gasteiger partial charge in [-0.3, -0.25) is 14.8 Å². The Kier molecular flexibility index (Phi) is 5.80. The van der Waals surface area contributed by atoms with E-state index in [0.717, 1.165) is 25.2 Å². The van der Waals surface area contributed by atoms with Crippen LogP contribution in [0.5, 0.6) is 17.4 Å². The van der Waals surface area contributed by atoms with E-state index < -0.39 is 44.5 Å². The van der Waals surface area contributed by atoms with Crippen molar-refractivity contribution < 1.29 is 32.7 Å². The Morgan fingerprint density at radius 1 is 1.48 bits per heavy atom. The predicted octanol–water partition coefficient (Wildman–Crippen LogP) is 4.45. The highest BCUT2D eigenvalue weighted by Crippen LogP contribution is 2.41. The molecule has 2 aromatic rings. The summed E-state index contributed by atoms with van der Waals surface area (Å²) in [5, 5.41) is 22.6. The molecule has 0 fully saturated rings. The zero-order valence-corrected chi connectivity index (χ0v) is 15.2. The van der Waals surface area contributed by atoms with Crippen molar-refractivity contribution in [3.05, 3.63) is 39.0 Å². The first-order chi connectivity index (χ1) is 12.4. The molecule has 1 unspecified atom stereocenters. The lowest BCUT2D eigenvalue weighted by molar-refractivity contribution is -0.386. The highest BCUT2D eigenvalue weighted by molar-refractivity contribution is 7.80. The topological polar surface area (TPSA) is 99.7 Å². The molecule has 13 heteroatoms. The molecule has 0 saturated heterocycles. The summed E-state index contributed by atoms with van der Waals surface area (Å²) in [7, 11) is 1.04. The molecule has 1 atom stereocenters. The third kappa shape index (κ3) is 4.57. The highest BCUT2D eigenvalue weighted by Gasteiger charge is 2.39. The van der Waals surface area contributed by atoms with E-state index in [1.807, 2.05) is 0 Å². The summed E-state index contributed by atoms with van der Waals surface area (Å²) < 4.78 is 49.8. The Morgan fingerprint density at radius 3 is 2.59 bits per heavy atom. The fourth-order valence-electron chi connectivity index (χ4n) is 2.00. The average Bonchev–Trinajstić information content (AvgIpc) is 2.80. The number of ether oxygens (including phenoxy) is 2. The number of thiocarbonyl (C=S) groups is 1. The Bertz CT molecular complexity index is 903. The number of aliphatic hydroxyl groups is 1. The van der Waals surface area contributed by atoms with Crippen molar-refractivity contribution in [1.29, 1.82) is 0 Å². The van der Waals surface area contributed by atoms with Crippen LogP contribution in [0.1, 0.15) is 12.6 Å². The minimum absolute atomic E-state index is 0.125. The van der Waals surface area contributed by atoms with Gasteiger partial charge >= 0.3 is 11.9 Å². The summed E-state index contributed by atoms with van der Waals surface area (Å²) in [6.07, 6.45) is -5.81. The number of hydrogen-bond acceptors (Lipinski definition) is 6. The molecule has 0 saturated carbocycles. The smallest absolute Gasteiger partial charge is 0.434 e. The quantitative estimate of drug-likeness (QED) is 0.414. The average molecular weight is 426 g/mol. The SMILES string of the molecule is CC(Oc1cc(Oc2nn(C)c(C(F)(F)F)c2Cl)ccc1[N+](=O)[O-])C(O)=S. The van der Waals surface area contributed by atoms with Gasteiger partial charge in [0.2, 0.25) is 5.75 Å². The molecule has 0 aliphatic rings. The Morgan fingerprint density at radius 2 is 2.11 bits per heavy atom. The Balaban J connectivity index is 2.41. The van der Waals surface area contributed by atoms with Gasteiger partial charge in [-0.1, -0.05) is 11.6 Å². The van der Waals surface area contributed by atoms with E-state index in [4.69, 9.17) is 21.1 Å². The molecule has 1 heterocycles. The maximum atomic E-state index is 13.0. The minimum atomic E-state index is -4.75. The fourth-order valence-corrected chi connectivity index (χ4v) is 2.36. The molecule has 146 valence electrons. The number of rotatable bonds is 6. The van der Waals surface area contributed by atoms with Crippen LogP contribution in [-0.2, 0) is 13.2 Å². The number of nitrogens with zero attached hydrogens (tertiary/aromatic N) is 3. The molecule has 0 aliphatic heterocycles. The molecular weight excluding hydrogens is 415 g/mol. The molecule has 27 heavy (non-hydrogen) atoms. The van der Waals surface area contributed by atoms with Crippen molar-refractivity contribution in [2.24, 2.45) is 7.05 Å². The normalized spacial score (nSPS) is 12.5. The molecule has 1 aromatic carbocycles. The number of nitro groups is 1. The lowest BCUT2D eigenvalue weighted by Gasteiger charge is -2.13. The summed E-state index contributed by atoms with van der Waals surface area (Å²) in [6.45, 7) is 1.35. The van der Waals surface area contributed by atoms with Crippen molar-refractivity contribution >= 4 is 34.6 Å². The zero-order valence-electron chi connectivity index (χ0n) is 13.7. The molecule has 0 radical (unpaired) electrons. The van der Waals surface area contributed by atoms with Gasteiger partial charge in [-0.15, -0.1) is 5.10 Å². The van der Waals surface area contributed by atoms with Crippen molar-refractivity contribution in [2.45, 2.75) is 19.2 Å². The first-order valence-electron chi connectivity index (χ1n) is 7.07. The van der Waals surface area contributed by atoms with E-state index in [2.05, 4.69) is 17.3 Å². The second kappa shape index (κ2) is 7.56. The van der Waals surface area contributed by atoms with E-state index in [0.29, 0.717) is 4.68 Å². The minimum Gasteiger partial charge on any atom is -0.499 e. The summed E-state index contributed by atoms with van der Waals surface area (Å²) >= 11 is 10.2. The maximum Gasteiger partial charge on any atom is 0.434 e. The number of aromatic nitrogens is 2. The highest BCUT2D eigenvalue weighted by atomic mass is 35.5. The van der Waals surface area contributed by atoms with Gasteiger partial charge < -0.3 is 14.6 Å². The van der Waals surface area contributed by atoms with Crippen LogP contribution >= 0.6 is 23.8 Å². The van der Waals surface area contributed by atoms with Crippen LogP contribution in [0.15, 0.2) is 18.2 Å². The van der Waals surface area contributed by atoms with Crippen molar-refractivity contribution in [1.82, 2.24) is 9.78 Å². The number of benzene rings is 1. The van der Waals surface area contributed by atoms with Crippen molar-refractivity contribution in [2.75, 3.05) is 0 Å². The first-order valence-corrected chi connectivity index (χ1v) is 7.86. The number of nitro benzene ring substituents is 1. The van der Waals surface area contributed by atoms with Crippen LogP contribution < -0.4 is 9.47 Å². The van der Waals surface area contributed by atoms with Crippen LogP contribution in [0.25, 0.3) is 0 Å². The van der Waals surface area contributed by atoms with Crippen LogP contribution in [0.2, 0.25) is 5.02 Å². The van der Waals surface area contributed by atoms with Gasteiger partial charge in [0.25, 0.3) is 5.88 Å². The van der Waals surface area contributed by atoms with Crippen LogP contribution in [0, 0.1) is 10.1 Å². The Hall–Kier alpha value is -2.60. The van der Waals surface area contributed by atoms with Gasteiger partial charge in [0.05, 0.1) is 4.92 Å². The molecule has 1 aromatic heterocycles. The number of aliphatic hydroxyl groups excluding tert-OH is 1. The van der Waals surface area contributed by atoms with Gasteiger partial charge in [0.1, 0.15) is 10.8 Å². The standard InChI is InChI=1S/C14H11ClF3N3O5S/c1-6(13(22)27)25-9-5-7(3-4-8(9)21(23)24)26-12-10(15)11(14(16,17)18)20(2)19-12/h3-6H,1-2H3,(H,22,27). The molecule has 0 aliphatic carbocycles. The zero-order chi connectivity index (χ0) is 20.5. The van der Waals surface area contributed by atoms with Crippen LogP contribution in [0.4, 0.5) is 18.9 Å². The van der Waals surface area contributed by atoms with Crippen molar-refractivity contribution in [3.8, 4) is 17.4 Å².